The van der Waals surface area contributed by atoms with Gasteiger partial charge >= 0.3 is 5.97 Å². The molecular weight excluding hydrogens is 216 g/mol. The smallest absolute Gasteiger partial charge is 0.309 e. The van der Waals surface area contributed by atoms with Crippen LogP contribution in [-0.2, 0) is 27.2 Å². The van der Waals surface area contributed by atoms with Crippen LogP contribution in [0.5, 0.6) is 0 Å². The van der Waals surface area contributed by atoms with Crippen LogP contribution in [0.25, 0.3) is 0 Å². The van der Waals surface area contributed by atoms with Gasteiger partial charge in [0.2, 0.25) is 5.24 Å². The minimum atomic E-state index is -0.393. The van der Waals surface area contributed by atoms with Crippen LogP contribution in [0.1, 0.15) is 11.1 Å². The van der Waals surface area contributed by atoms with E-state index < -0.39 is 5.24 Å². The van der Waals surface area contributed by atoms with Gasteiger partial charge in [0, 0.05) is 6.42 Å². The van der Waals surface area contributed by atoms with E-state index in [2.05, 4.69) is 4.74 Å². The Labute approximate surface area is 93.0 Å². The second-order valence-corrected chi connectivity index (χ2v) is 3.52. The molecule has 3 nitrogen and oxygen atoms in total. The van der Waals surface area contributed by atoms with Gasteiger partial charge in [-0.15, -0.1) is 0 Å². The van der Waals surface area contributed by atoms with Crippen molar-refractivity contribution in [1.29, 1.82) is 0 Å². The number of halogens is 1. The Bertz CT molecular complexity index is 357. The first kappa shape index (κ1) is 11.7. The molecule has 0 saturated heterocycles. The van der Waals surface area contributed by atoms with E-state index in [0.29, 0.717) is 0 Å². The summed E-state index contributed by atoms with van der Waals surface area (Å²) in [7, 11) is 1.35. The summed E-state index contributed by atoms with van der Waals surface area (Å²) in [4.78, 5) is 21.6. The molecule has 0 amide bonds. The van der Waals surface area contributed by atoms with Gasteiger partial charge in [-0.1, -0.05) is 24.3 Å². The van der Waals surface area contributed by atoms with Crippen molar-refractivity contribution in [3.05, 3.63) is 35.4 Å². The number of ether oxygens (including phenoxy) is 1. The molecule has 0 aromatic heterocycles. The van der Waals surface area contributed by atoms with Gasteiger partial charge in [0.05, 0.1) is 13.5 Å². The lowest BCUT2D eigenvalue weighted by atomic mass is 10.1. The van der Waals surface area contributed by atoms with E-state index in [1.165, 1.54) is 7.11 Å². The lowest BCUT2D eigenvalue weighted by Crippen LogP contribution is -2.04. The van der Waals surface area contributed by atoms with Crippen molar-refractivity contribution < 1.29 is 14.3 Å². The van der Waals surface area contributed by atoms with Crippen molar-refractivity contribution >= 4 is 22.8 Å². The fourth-order valence-electron chi connectivity index (χ4n) is 1.17. The van der Waals surface area contributed by atoms with Crippen LogP contribution < -0.4 is 0 Å². The highest BCUT2D eigenvalue weighted by Crippen LogP contribution is 2.07. The first-order chi connectivity index (χ1) is 7.11. The Morgan fingerprint density at radius 1 is 1.13 bits per heavy atom. The molecule has 0 unspecified atom stereocenters. The van der Waals surface area contributed by atoms with Crippen LogP contribution in [-0.4, -0.2) is 18.3 Å². The Morgan fingerprint density at radius 3 is 2.00 bits per heavy atom. The Morgan fingerprint density at radius 2 is 1.60 bits per heavy atom. The second kappa shape index (κ2) is 5.51. The van der Waals surface area contributed by atoms with Gasteiger partial charge in [-0.3, -0.25) is 9.59 Å². The quantitative estimate of drug-likeness (QED) is 0.580. The monoisotopic (exact) mass is 226 g/mol. The minimum Gasteiger partial charge on any atom is -0.469 e. The maximum Gasteiger partial charge on any atom is 0.309 e. The molecule has 0 aliphatic heterocycles. The van der Waals surface area contributed by atoms with E-state index in [1.54, 1.807) is 24.3 Å². The largest absolute Gasteiger partial charge is 0.469 e. The van der Waals surface area contributed by atoms with Gasteiger partial charge in [-0.25, -0.2) is 0 Å². The fraction of sp³-hybridized carbons (Fsp3) is 0.273. The predicted molar refractivity (Wildman–Crippen MR) is 56.7 cm³/mol. The van der Waals surface area contributed by atoms with Crippen molar-refractivity contribution in [2.75, 3.05) is 7.11 Å². The fourth-order valence-corrected chi connectivity index (χ4v) is 1.33. The highest BCUT2D eigenvalue weighted by atomic mass is 35.5. The molecule has 4 heteroatoms. The molecule has 0 N–H and O–H groups in total. The standard InChI is InChI=1S/C11H11ClO3/c1-15-11(14)7-9-4-2-8(3-5-9)6-10(12)13/h2-5H,6-7H2,1H3. The first-order valence-electron chi connectivity index (χ1n) is 4.45. The molecule has 0 spiro atoms. The van der Waals surface area contributed by atoms with Gasteiger partial charge in [0.25, 0.3) is 0 Å². The maximum atomic E-state index is 10.9. The summed E-state index contributed by atoms with van der Waals surface area (Å²) in [6.07, 6.45) is 0.450. The molecule has 0 bridgehead atoms. The van der Waals surface area contributed by atoms with E-state index in [4.69, 9.17) is 11.6 Å². The third-order valence-electron chi connectivity index (χ3n) is 1.94. The van der Waals surface area contributed by atoms with Gasteiger partial charge in [-0.2, -0.15) is 0 Å². The van der Waals surface area contributed by atoms with E-state index in [1.807, 2.05) is 0 Å². The summed E-state index contributed by atoms with van der Waals surface area (Å²) in [5, 5.41) is -0.393. The molecule has 80 valence electrons. The second-order valence-electron chi connectivity index (χ2n) is 3.10. The minimum absolute atomic E-state index is 0.208. The number of benzene rings is 1. The topological polar surface area (TPSA) is 43.4 Å². The molecule has 0 fully saturated rings. The molecule has 1 aromatic carbocycles. The average molecular weight is 227 g/mol. The molecule has 1 rings (SSSR count). The summed E-state index contributed by atoms with van der Waals surface area (Å²) in [6, 6.07) is 7.12. The van der Waals surface area contributed by atoms with Crippen LogP contribution in [0, 0.1) is 0 Å². The van der Waals surface area contributed by atoms with Gasteiger partial charge in [0.15, 0.2) is 0 Å². The third kappa shape index (κ3) is 4.13. The average Bonchev–Trinajstić information content (AvgIpc) is 2.20. The summed E-state index contributed by atoms with van der Waals surface area (Å²) < 4.78 is 4.53. The van der Waals surface area contributed by atoms with Gasteiger partial charge < -0.3 is 4.74 Å². The number of methoxy groups -OCH3 is 1. The maximum absolute atomic E-state index is 10.9. The summed E-state index contributed by atoms with van der Waals surface area (Å²) in [6.45, 7) is 0. The molecule has 1 aromatic rings. The highest BCUT2D eigenvalue weighted by Gasteiger charge is 2.03. The highest BCUT2D eigenvalue weighted by molar-refractivity contribution is 6.63. The Kier molecular flexibility index (Phi) is 4.31. The Balaban J connectivity index is 2.64. The van der Waals surface area contributed by atoms with Crippen LogP contribution in [0.4, 0.5) is 0 Å². The predicted octanol–water partition coefficient (Wildman–Crippen LogP) is 1.71. The summed E-state index contributed by atoms with van der Waals surface area (Å²) in [5.41, 5.74) is 1.69. The van der Waals surface area contributed by atoms with Crippen LogP contribution >= 0.6 is 11.6 Å². The zero-order valence-corrected chi connectivity index (χ0v) is 9.08. The number of carbonyl (C=O) groups excluding carboxylic acids is 2. The third-order valence-corrected chi connectivity index (χ3v) is 2.08. The molecule has 0 aliphatic rings. The van der Waals surface area contributed by atoms with Crippen molar-refractivity contribution in [3.63, 3.8) is 0 Å². The zero-order valence-electron chi connectivity index (χ0n) is 8.33. The van der Waals surface area contributed by atoms with Crippen molar-refractivity contribution in [2.45, 2.75) is 12.8 Å². The molecule has 0 atom stereocenters. The molecule has 0 saturated carbocycles. The molecule has 0 aliphatic carbocycles. The number of esters is 1. The van der Waals surface area contributed by atoms with E-state index >= 15 is 0 Å². The molecule has 0 heterocycles. The number of rotatable bonds is 4. The van der Waals surface area contributed by atoms with Gasteiger partial charge in [0.1, 0.15) is 0 Å². The normalized spacial score (nSPS) is 9.73. The lowest BCUT2D eigenvalue weighted by Gasteiger charge is -2.01. The number of hydrogen-bond acceptors (Lipinski definition) is 3. The molecule has 0 radical (unpaired) electrons. The SMILES string of the molecule is COC(=O)Cc1ccc(CC(=O)Cl)cc1. The van der Waals surface area contributed by atoms with E-state index in [-0.39, 0.29) is 18.8 Å². The van der Waals surface area contributed by atoms with Crippen LogP contribution in [0.3, 0.4) is 0 Å². The van der Waals surface area contributed by atoms with Crippen LogP contribution in [0.2, 0.25) is 0 Å². The molecule has 15 heavy (non-hydrogen) atoms. The number of hydrogen-bond donors (Lipinski definition) is 0. The van der Waals surface area contributed by atoms with Crippen molar-refractivity contribution in [3.8, 4) is 0 Å². The van der Waals surface area contributed by atoms with Crippen LogP contribution in [0.15, 0.2) is 24.3 Å². The molecular formula is C11H11ClO3. The Hall–Kier alpha value is -1.35. The first-order valence-corrected chi connectivity index (χ1v) is 4.82. The van der Waals surface area contributed by atoms with Gasteiger partial charge in [-0.05, 0) is 22.7 Å². The summed E-state index contributed by atoms with van der Waals surface area (Å²) in [5.74, 6) is -0.281. The van der Waals surface area contributed by atoms with Crippen molar-refractivity contribution in [1.82, 2.24) is 0 Å². The van der Waals surface area contributed by atoms with Crippen molar-refractivity contribution in [2.24, 2.45) is 0 Å². The van der Waals surface area contributed by atoms with E-state index in [0.717, 1.165) is 11.1 Å². The zero-order chi connectivity index (χ0) is 11.3. The van der Waals surface area contributed by atoms with E-state index in [9.17, 15) is 9.59 Å². The summed E-state index contributed by atoms with van der Waals surface area (Å²) >= 11 is 5.25. The number of carbonyl (C=O) groups is 2. The lowest BCUT2D eigenvalue weighted by molar-refractivity contribution is -0.139.